The lowest BCUT2D eigenvalue weighted by Crippen LogP contribution is -2.30. The van der Waals surface area contributed by atoms with E-state index in [2.05, 4.69) is 21.3 Å². The third-order valence-corrected chi connectivity index (χ3v) is 4.16. The molecule has 102 valence electrons. The minimum Gasteiger partial charge on any atom is -0.373 e. The standard InChI is InChI=1S/C15H21N3O/c1-16-14-10-12(6-7-17-14)13-3-2-8-18(13)15(19)9-11-4-5-11/h6-7,10-11,13H,2-5,8-9H2,1H3,(H,16,17). The van der Waals surface area contributed by atoms with Crippen molar-refractivity contribution in [1.29, 1.82) is 0 Å². The quantitative estimate of drug-likeness (QED) is 0.904. The molecule has 0 radical (unpaired) electrons. The Labute approximate surface area is 114 Å². The maximum absolute atomic E-state index is 12.3. The highest BCUT2D eigenvalue weighted by Crippen LogP contribution is 2.37. The lowest BCUT2D eigenvalue weighted by Gasteiger charge is -2.25. The Bertz CT molecular complexity index is 470. The lowest BCUT2D eigenvalue weighted by molar-refractivity contribution is -0.132. The number of hydrogen-bond acceptors (Lipinski definition) is 3. The molecule has 0 spiro atoms. The van der Waals surface area contributed by atoms with Crippen molar-refractivity contribution in [2.24, 2.45) is 5.92 Å². The molecular weight excluding hydrogens is 238 g/mol. The van der Waals surface area contributed by atoms with Gasteiger partial charge in [-0.05, 0) is 49.3 Å². The maximum atomic E-state index is 12.3. The molecule has 4 nitrogen and oxygen atoms in total. The highest BCUT2D eigenvalue weighted by molar-refractivity contribution is 5.77. The molecule has 0 aromatic carbocycles. The van der Waals surface area contributed by atoms with E-state index < -0.39 is 0 Å². The topological polar surface area (TPSA) is 45.2 Å². The first-order valence-electron chi connectivity index (χ1n) is 7.21. The van der Waals surface area contributed by atoms with Crippen LogP contribution in [0.4, 0.5) is 5.82 Å². The van der Waals surface area contributed by atoms with Crippen LogP contribution in [-0.4, -0.2) is 29.4 Å². The average Bonchev–Trinajstić information content (AvgIpc) is 3.11. The van der Waals surface area contributed by atoms with Gasteiger partial charge in [-0.3, -0.25) is 4.79 Å². The minimum atomic E-state index is 0.251. The molecule has 1 amide bonds. The molecule has 3 rings (SSSR count). The molecule has 1 atom stereocenters. The molecule has 1 aliphatic carbocycles. The van der Waals surface area contributed by atoms with Crippen molar-refractivity contribution >= 4 is 11.7 Å². The van der Waals surface area contributed by atoms with Crippen LogP contribution in [0, 0.1) is 5.92 Å². The summed E-state index contributed by atoms with van der Waals surface area (Å²) in [7, 11) is 1.87. The average molecular weight is 259 g/mol. The molecule has 0 bridgehead atoms. The van der Waals surface area contributed by atoms with Crippen molar-refractivity contribution in [2.75, 3.05) is 18.9 Å². The first-order chi connectivity index (χ1) is 9.28. The van der Waals surface area contributed by atoms with Crippen molar-refractivity contribution < 1.29 is 4.79 Å². The van der Waals surface area contributed by atoms with E-state index >= 15 is 0 Å². The van der Waals surface area contributed by atoms with Gasteiger partial charge < -0.3 is 10.2 Å². The first kappa shape index (κ1) is 12.5. The summed E-state index contributed by atoms with van der Waals surface area (Å²) in [4.78, 5) is 18.6. The van der Waals surface area contributed by atoms with Gasteiger partial charge in [0.25, 0.3) is 0 Å². The van der Waals surface area contributed by atoms with Gasteiger partial charge in [0.05, 0.1) is 6.04 Å². The number of nitrogens with one attached hydrogen (secondary N) is 1. The zero-order valence-corrected chi connectivity index (χ0v) is 11.4. The number of nitrogens with zero attached hydrogens (tertiary/aromatic N) is 2. The van der Waals surface area contributed by atoms with E-state index in [1.54, 1.807) is 0 Å². The number of pyridine rings is 1. The van der Waals surface area contributed by atoms with Gasteiger partial charge in [0.2, 0.25) is 5.91 Å². The van der Waals surface area contributed by atoms with Crippen LogP contribution < -0.4 is 5.32 Å². The normalized spacial score (nSPS) is 22.6. The summed E-state index contributed by atoms with van der Waals surface area (Å²) in [6.45, 7) is 0.910. The molecule has 1 aromatic heterocycles. The minimum absolute atomic E-state index is 0.251. The molecule has 1 saturated heterocycles. The molecule has 1 unspecified atom stereocenters. The molecule has 4 heteroatoms. The molecule has 1 aromatic rings. The summed E-state index contributed by atoms with van der Waals surface area (Å²) in [6.07, 6.45) is 7.23. The number of aromatic nitrogens is 1. The van der Waals surface area contributed by atoms with Gasteiger partial charge >= 0.3 is 0 Å². The Morgan fingerprint density at radius 1 is 1.47 bits per heavy atom. The number of carbonyl (C=O) groups is 1. The Morgan fingerprint density at radius 2 is 2.32 bits per heavy atom. The number of anilines is 1. The van der Waals surface area contributed by atoms with Crippen LogP contribution in [-0.2, 0) is 4.79 Å². The fourth-order valence-electron chi connectivity index (χ4n) is 2.89. The highest BCUT2D eigenvalue weighted by Gasteiger charge is 2.33. The zero-order valence-electron chi connectivity index (χ0n) is 11.4. The smallest absolute Gasteiger partial charge is 0.223 e. The van der Waals surface area contributed by atoms with Crippen LogP contribution in [0.2, 0.25) is 0 Å². The predicted molar refractivity (Wildman–Crippen MR) is 74.8 cm³/mol. The van der Waals surface area contributed by atoms with Gasteiger partial charge in [0, 0.05) is 26.2 Å². The first-order valence-corrected chi connectivity index (χ1v) is 7.21. The van der Waals surface area contributed by atoms with Crippen LogP contribution in [0.25, 0.3) is 0 Å². The van der Waals surface area contributed by atoms with Crippen molar-refractivity contribution in [3.05, 3.63) is 23.9 Å². The maximum Gasteiger partial charge on any atom is 0.223 e. The predicted octanol–water partition coefficient (Wildman–Crippen LogP) is 2.59. The van der Waals surface area contributed by atoms with E-state index in [0.717, 1.165) is 31.6 Å². The number of rotatable bonds is 4. The molecule has 19 heavy (non-hydrogen) atoms. The van der Waals surface area contributed by atoms with Gasteiger partial charge in [0.1, 0.15) is 5.82 Å². The molecule has 1 aliphatic heterocycles. The van der Waals surface area contributed by atoms with E-state index in [9.17, 15) is 4.79 Å². The van der Waals surface area contributed by atoms with Gasteiger partial charge in [-0.1, -0.05) is 0 Å². The molecule has 1 N–H and O–H groups in total. The van der Waals surface area contributed by atoms with Crippen molar-refractivity contribution in [3.8, 4) is 0 Å². The number of likely N-dealkylation sites (tertiary alicyclic amines) is 1. The van der Waals surface area contributed by atoms with Crippen molar-refractivity contribution in [1.82, 2.24) is 9.88 Å². The summed E-state index contributed by atoms with van der Waals surface area (Å²) >= 11 is 0. The van der Waals surface area contributed by atoms with Crippen LogP contribution in [0.1, 0.15) is 43.7 Å². The summed E-state index contributed by atoms with van der Waals surface area (Å²) in [5, 5.41) is 3.06. The fraction of sp³-hybridized carbons (Fsp3) is 0.600. The SMILES string of the molecule is CNc1cc(C2CCCN2C(=O)CC2CC2)ccn1. The van der Waals surface area contributed by atoms with Crippen LogP contribution in [0.15, 0.2) is 18.3 Å². The number of amides is 1. The van der Waals surface area contributed by atoms with Gasteiger partial charge in [0.15, 0.2) is 0 Å². The van der Waals surface area contributed by atoms with Gasteiger partial charge in [-0.2, -0.15) is 0 Å². The van der Waals surface area contributed by atoms with E-state index in [4.69, 9.17) is 0 Å². The monoisotopic (exact) mass is 259 g/mol. The fourth-order valence-corrected chi connectivity index (χ4v) is 2.89. The summed E-state index contributed by atoms with van der Waals surface area (Å²) < 4.78 is 0. The molecular formula is C15H21N3O. The van der Waals surface area contributed by atoms with Gasteiger partial charge in [-0.25, -0.2) is 4.98 Å². The summed E-state index contributed by atoms with van der Waals surface area (Å²) in [5.74, 6) is 1.88. The third-order valence-electron chi connectivity index (χ3n) is 4.16. The molecule has 2 heterocycles. The second-order valence-electron chi connectivity index (χ2n) is 5.62. The Kier molecular flexibility index (Phi) is 3.40. The summed E-state index contributed by atoms with van der Waals surface area (Å²) in [5.41, 5.74) is 1.21. The largest absolute Gasteiger partial charge is 0.373 e. The Balaban J connectivity index is 1.75. The second kappa shape index (κ2) is 5.19. The van der Waals surface area contributed by atoms with Crippen molar-refractivity contribution in [2.45, 2.75) is 38.1 Å². The van der Waals surface area contributed by atoms with Crippen LogP contribution in [0.3, 0.4) is 0 Å². The van der Waals surface area contributed by atoms with Gasteiger partial charge in [-0.15, -0.1) is 0 Å². The van der Waals surface area contributed by atoms with E-state index in [1.165, 1.54) is 18.4 Å². The molecule has 2 aliphatic rings. The second-order valence-corrected chi connectivity index (χ2v) is 5.62. The third kappa shape index (κ3) is 2.72. The highest BCUT2D eigenvalue weighted by atomic mass is 16.2. The van der Waals surface area contributed by atoms with E-state index in [-0.39, 0.29) is 6.04 Å². The van der Waals surface area contributed by atoms with E-state index in [1.807, 2.05) is 19.3 Å². The molecule has 1 saturated carbocycles. The number of carbonyl (C=O) groups excluding carboxylic acids is 1. The van der Waals surface area contributed by atoms with Crippen LogP contribution in [0.5, 0.6) is 0 Å². The lowest BCUT2D eigenvalue weighted by atomic mass is 10.1. The summed E-state index contributed by atoms with van der Waals surface area (Å²) in [6, 6.07) is 4.35. The Hall–Kier alpha value is -1.58. The van der Waals surface area contributed by atoms with E-state index in [0.29, 0.717) is 11.8 Å². The zero-order chi connectivity index (χ0) is 13.2. The van der Waals surface area contributed by atoms with Crippen LogP contribution >= 0.6 is 0 Å². The van der Waals surface area contributed by atoms with Crippen molar-refractivity contribution in [3.63, 3.8) is 0 Å². The molecule has 2 fully saturated rings. The Morgan fingerprint density at radius 3 is 3.05 bits per heavy atom. The number of hydrogen-bond donors (Lipinski definition) is 1.